The summed E-state index contributed by atoms with van der Waals surface area (Å²) in [7, 11) is -3.98. The molecule has 3 aromatic carbocycles. The summed E-state index contributed by atoms with van der Waals surface area (Å²) < 4.78 is 27.8. The van der Waals surface area contributed by atoms with Crippen molar-refractivity contribution in [2.75, 3.05) is 0 Å². The van der Waals surface area contributed by atoms with Gasteiger partial charge in [-0.1, -0.05) is 53.1 Å². The number of rotatable bonds is 4. The minimum Gasteiger partial charge on any atom is -0.250 e. The van der Waals surface area contributed by atoms with E-state index in [1.165, 1.54) is 0 Å². The predicted molar refractivity (Wildman–Crippen MR) is 111 cm³/mol. The van der Waals surface area contributed by atoms with Crippen LogP contribution in [0.2, 0.25) is 0 Å². The molecule has 0 saturated heterocycles. The highest BCUT2D eigenvalue weighted by atomic mass is 31.1. The van der Waals surface area contributed by atoms with Crippen LogP contribution in [0.25, 0.3) is 0 Å². The second-order valence-corrected chi connectivity index (χ2v) is 8.38. The fourth-order valence-electron chi connectivity index (χ4n) is 2.09. The first kappa shape index (κ1) is 20.9. The van der Waals surface area contributed by atoms with Crippen LogP contribution in [0.4, 0.5) is 0 Å². The fourth-order valence-corrected chi connectivity index (χ4v) is 3.30. The van der Waals surface area contributed by atoms with E-state index in [4.69, 9.17) is 9.42 Å². The summed E-state index contributed by atoms with van der Waals surface area (Å²) in [6, 6.07) is 22.0. The van der Waals surface area contributed by atoms with Gasteiger partial charge in [-0.25, -0.2) is 0 Å². The molecule has 3 aromatic rings. The molecule has 0 fully saturated rings. The van der Waals surface area contributed by atoms with Crippen molar-refractivity contribution < 1.29 is 18.5 Å². The van der Waals surface area contributed by atoms with Crippen molar-refractivity contribution in [2.45, 2.75) is 20.8 Å². The number of aryl methyl sites for hydroxylation is 3. The molecule has 27 heavy (non-hydrogen) atoms. The van der Waals surface area contributed by atoms with Gasteiger partial charge in [-0.15, -0.1) is 0 Å². The summed E-state index contributed by atoms with van der Waals surface area (Å²) in [6.07, 6.45) is 0. The molecule has 6 heteroatoms. The van der Waals surface area contributed by atoms with Gasteiger partial charge < -0.3 is 0 Å². The summed E-state index contributed by atoms with van der Waals surface area (Å²) in [5, 5.41) is 1.20. The van der Waals surface area contributed by atoms with Crippen molar-refractivity contribution in [3.63, 3.8) is 0 Å². The largest absolute Gasteiger partial charge is 0.597 e. The van der Waals surface area contributed by atoms with Crippen LogP contribution in [0.3, 0.4) is 0 Å². The molecule has 2 atom stereocenters. The van der Waals surface area contributed by atoms with E-state index in [0.717, 1.165) is 16.7 Å². The van der Waals surface area contributed by atoms with Gasteiger partial charge in [-0.05, 0) is 66.3 Å². The normalized spacial score (nSPS) is 11.1. The van der Waals surface area contributed by atoms with Crippen molar-refractivity contribution in [3.05, 3.63) is 89.5 Å². The lowest BCUT2D eigenvalue weighted by molar-refractivity contribution is 0.512. The van der Waals surface area contributed by atoms with E-state index in [-0.39, 0.29) is 0 Å². The van der Waals surface area contributed by atoms with E-state index in [1.54, 1.807) is 12.1 Å². The zero-order valence-electron chi connectivity index (χ0n) is 15.5. The standard InChI is InChI=1S/C14H14O2P.C7H7O2P/c1-11-3-7-13(8-4-11)16-17(15)14-9-5-12(2)6-10-14;1-6-2-4-7(5-3-6)10(8)9/h3-10H,1-2H3;2-5H,1H3/q+1;/p+1. The molecule has 0 aromatic heterocycles. The van der Waals surface area contributed by atoms with E-state index in [9.17, 15) is 9.13 Å². The molecule has 0 aliphatic carbocycles. The van der Waals surface area contributed by atoms with Gasteiger partial charge in [-0.3, -0.25) is 4.52 Å². The van der Waals surface area contributed by atoms with E-state index in [2.05, 4.69) is 0 Å². The van der Waals surface area contributed by atoms with Crippen LogP contribution >= 0.6 is 16.1 Å². The Kier molecular flexibility index (Phi) is 7.82. The van der Waals surface area contributed by atoms with Crippen LogP contribution < -0.4 is 15.1 Å². The van der Waals surface area contributed by atoms with Crippen molar-refractivity contribution in [2.24, 2.45) is 0 Å². The third-order valence-corrected chi connectivity index (χ3v) is 5.55. The van der Waals surface area contributed by atoms with Crippen LogP contribution in [0.1, 0.15) is 16.7 Å². The second kappa shape index (κ2) is 10.1. The molecule has 0 aliphatic heterocycles. The summed E-state index contributed by atoms with van der Waals surface area (Å²) in [6.45, 7) is 5.94. The van der Waals surface area contributed by atoms with Crippen LogP contribution in [-0.4, -0.2) is 4.89 Å². The molecule has 4 nitrogen and oxygen atoms in total. The van der Waals surface area contributed by atoms with Crippen LogP contribution in [-0.2, 0) is 9.13 Å². The highest BCUT2D eigenvalue weighted by Gasteiger charge is 2.23. The van der Waals surface area contributed by atoms with Crippen LogP contribution in [0, 0.1) is 20.8 Å². The Bertz CT molecular complexity index is 902. The number of benzene rings is 3. The lowest BCUT2D eigenvalue weighted by Gasteiger charge is -1.95. The smallest absolute Gasteiger partial charge is 0.250 e. The van der Waals surface area contributed by atoms with Gasteiger partial charge in [0.25, 0.3) is 0 Å². The topological polar surface area (TPSA) is 63.6 Å². The summed E-state index contributed by atoms with van der Waals surface area (Å²) in [4.78, 5) is 8.62. The van der Waals surface area contributed by atoms with E-state index < -0.39 is 16.1 Å². The monoisotopic (exact) mass is 400 g/mol. The number of hydrogen-bond acceptors (Lipinski definition) is 3. The van der Waals surface area contributed by atoms with Crippen molar-refractivity contribution >= 4 is 26.7 Å². The minimum absolute atomic E-state index is 0.487. The molecular weight excluding hydrogens is 378 g/mol. The molecule has 3 rings (SSSR count). The first-order chi connectivity index (χ1) is 12.8. The maximum absolute atomic E-state index is 11.9. The Balaban J connectivity index is 0.000000223. The Morgan fingerprint density at radius 1 is 0.630 bits per heavy atom. The van der Waals surface area contributed by atoms with Gasteiger partial charge in [0.2, 0.25) is 10.6 Å². The average Bonchev–Trinajstić information content (AvgIpc) is 2.65. The highest BCUT2D eigenvalue weighted by molar-refractivity contribution is 7.48. The third-order valence-electron chi connectivity index (χ3n) is 3.71. The first-order valence-corrected chi connectivity index (χ1v) is 10.8. The van der Waals surface area contributed by atoms with E-state index in [0.29, 0.717) is 16.4 Å². The molecule has 0 radical (unpaired) electrons. The van der Waals surface area contributed by atoms with E-state index in [1.807, 2.05) is 81.4 Å². The summed E-state index contributed by atoms with van der Waals surface area (Å²) in [5.74, 6) is 0.636. The fraction of sp³-hybridized carbons (Fsp3) is 0.143. The second-order valence-electron chi connectivity index (χ2n) is 6.11. The Labute approximate surface area is 161 Å². The molecule has 1 N–H and O–H groups in total. The van der Waals surface area contributed by atoms with Gasteiger partial charge in [0.1, 0.15) is 0 Å². The van der Waals surface area contributed by atoms with Gasteiger partial charge in [0.05, 0.1) is 0 Å². The summed E-state index contributed by atoms with van der Waals surface area (Å²) in [5.41, 5.74) is 3.40. The molecular formula is C21H22O4P2+2. The van der Waals surface area contributed by atoms with E-state index >= 15 is 0 Å². The molecule has 138 valence electrons. The first-order valence-electron chi connectivity index (χ1n) is 8.36. The Hall–Kier alpha value is -2.38. The zero-order chi connectivity index (χ0) is 19.8. The summed E-state index contributed by atoms with van der Waals surface area (Å²) >= 11 is 0. The van der Waals surface area contributed by atoms with Gasteiger partial charge >= 0.3 is 16.1 Å². The highest BCUT2D eigenvalue weighted by Crippen LogP contribution is 2.26. The van der Waals surface area contributed by atoms with Crippen LogP contribution in [0.5, 0.6) is 5.75 Å². The molecule has 0 amide bonds. The Morgan fingerprint density at radius 2 is 1.00 bits per heavy atom. The molecule has 2 unspecified atom stereocenters. The predicted octanol–water partition coefficient (Wildman–Crippen LogP) is 5.11. The average molecular weight is 400 g/mol. The van der Waals surface area contributed by atoms with Crippen molar-refractivity contribution in [3.8, 4) is 5.75 Å². The zero-order valence-corrected chi connectivity index (χ0v) is 17.3. The maximum Gasteiger partial charge on any atom is 0.597 e. The lowest BCUT2D eigenvalue weighted by atomic mass is 10.2. The maximum atomic E-state index is 11.9. The number of hydrogen-bond donors (Lipinski definition) is 1. The molecule has 0 aliphatic rings. The third kappa shape index (κ3) is 7.03. The molecule has 0 saturated carbocycles. The molecule has 0 spiro atoms. The van der Waals surface area contributed by atoms with Gasteiger partial charge in [0, 0.05) is 0 Å². The quantitative estimate of drug-likeness (QED) is 0.619. The lowest BCUT2D eigenvalue weighted by Crippen LogP contribution is -1.99. The minimum atomic E-state index is -2.16. The SMILES string of the molecule is Cc1ccc(O[P+](=O)c2ccc(C)cc2)cc1.Cc1ccc([P+](=O)O)cc1. The Morgan fingerprint density at radius 3 is 1.41 bits per heavy atom. The molecule has 0 bridgehead atoms. The van der Waals surface area contributed by atoms with Crippen LogP contribution in [0.15, 0.2) is 72.8 Å². The molecule has 0 heterocycles. The van der Waals surface area contributed by atoms with Gasteiger partial charge in [-0.2, -0.15) is 4.89 Å². The van der Waals surface area contributed by atoms with Crippen molar-refractivity contribution in [1.29, 1.82) is 0 Å². The van der Waals surface area contributed by atoms with Gasteiger partial charge in [0.15, 0.2) is 5.75 Å². The van der Waals surface area contributed by atoms with Crippen molar-refractivity contribution in [1.82, 2.24) is 0 Å².